The molecule has 0 radical (unpaired) electrons. The van der Waals surface area contributed by atoms with E-state index in [1.165, 1.54) is 36.8 Å². The summed E-state index contributed by atoms with van der Waals surface area (Å²) in [5.74, 6) is 0.764. The summed E-state index contributed by atoms with van der Waals surface area (Å²) < 4.78 is 5.54. The predicted octanol–water partition coefficient (Wildman–Crippen LogP) is 2.97. The minimum Gasteiger partial charge on any atom is -0.381 e. The standard InChI is InChI=1S/C18H28N2O/c1-20-12-11-19-13-15-5-3-4-6-17(15)18(20)14-7-9-16(21-2)10-8-14/h3-6,14,16,18-19H,7-13H2,1-2H3. The number of hydrogen-bond acceptors (Lipinski definition) is 3. The van der Waals surface area contributed by atoms with Crippen molar-refractivity contribution in [3.05, 3.63) is 35.4 Å². The maximum absolute atomic E-state index is 5.54. The van der Waals surface area contributed by atoms with E-state index in [0.29, 0.717) is 12.1 Å². The first-order valence-corrected chi connectivity index (χ1v) is 8.31. The minimum atomic E-state index is 0.483. The molecule has 2 aliphatic rings. The van der Waals surface area contributed by atoms with Gasteiger partial charge in [-0.05, 0) is 49.8 Å². The Morgan fingerprint density at radius 2 is 1.90 bits per heavy atom. The molecule has 1 heterocycles. The van der Waals surface area contributed by atoms with Crippen molar-refractivity contribution in [2.45, 2.75) is 44.4 Å². The molecular formula is C18H28N2O. The van der Waals surface area contributed by atoms with Crippen molar-refractivity contribution in [3.63, 3.8) is 0 Å². The van der Waals surface area contributed by atoms with Crippen molar-refractivity contribution in [1.82, 2.24) is 10.2 Å². The molecule has 3 rings (SSSR count). The molecule has 21 heavy (non-hydrogen) atoms. The number of nitrogens with one attached hydrogen (secondary N) is 1. The first kappa shape index (κ1) is 15.0. The zero-order valence-corrected chi connectivity index (χ0v) is 13.3. The Balaban J connectivity index is 1.84. The maximum Gasteiger partial charge on any atom is 0.0571 e. The van der Waals surface area contributed by atoms with Crippen LogP contribution in [0.3, 0.4) is 0 Å². The molecule has 1 N–H and O–H groups in total. The Hall–Kier alpha value is -0.900. The molecule has 1 atom stereocenters. The average molecular weight is 288 g/mol. The number of fused-ring (bicyclic) bond motifs is 1. The van der Waals surface area contributed by atoms with Gasteiger partial charge in [-0.2, -0.15) is 0 Å². The maximum atomic E-state index is 5.54. The molecule has 116 valence electrons. The van der Waals surface area contributed by atoms with Crippen LogP contribution in [0.25, 0.3) is 0 Å². The van der Waals surface area contributed by atoms with Gasteiger partial charge in [-0.1, -0.05) is 24.3 Å². The van der Waals surface area contributed by atoms with Gasteiger partial charge in [-0.15, -0.1) is 0 Å². The van der Waals surface area contributed by atoms with E-state index in [1.54, 1.807) is 0 Å². The lowest BCUT2D eigenvalue weighted by Crippen LogP contribution is -2.40. The highest BCUT2D eigenvalue weighted by atomic mass is 16.5. The summed E-state index contributed by atoms with van der Waals surface area (Å²) in [6, 6.07) is 9.56. The molecule has 0 aromatic heterocycles. The normalized spacial score (nSPS) is 31.2. The van der Waals surface area contributed by atoms with Gasteiger partial charge in [0.25, 0.3) is 0 Å². The van der Waals surface area contributed by atoms with E-state index in [4.69, 9.17) is 4.74 Å². The number of benzene rings is 1. The quantitative estimate of drug-likeness (QED) is 0.905. The Kier molecular flexibility index (Phi) is 4.94. The van der Waals surface area contributed by atoms with Crippen LogP contribution in [-0.2, 0) is 11.3 Å². The second-order valence-corrected chi connectivity index (χ2v) is 6.57. The fourth-order valence-corrected chi connectivity index (χ4v) is 4.09. The van der Waals surface area contributed by atoms with E-state index in [-0.39, 0.29) is 0 Å². The number of nitrogens with zero attached hydrogens (tertiary/aromatic N) is 1. The lowest BCUT2D eigenvalue weighted by Gasteiger charge is -2.40. The second kappa shape index (κ2) is 6.91. The molecule has 1 saturated carbocycles. The molecule has 3 nitrogen and oxygen atoms in total. The van der Waals surface area contributed by atoms with Crippen LogP contribution in [0.4, 0.5) is 0 Å². The molecule has 0 spiro atoms. The summed E-state index contributed by atoms with van der Waals surface area (Å²) >= 11 is 0. The van der Waals surface area contributed by atoms with Gasteiger partial charge in [0.05, 0.1) is 6.10 Å². The summed E-state index contributed by atoms with van der Waals surface area (Å²) in [4.78, 5) is 2.56. The zero-order valence-electron chi connectivity index (χ0n) is 13.3. The molecule has 0 saturated heterocycles. The second-order valence-electron chi connectivity index (χ2n) is 6.57. The van der Waals surface area contributed by atoms with Crippen molar-refractivity contribution in [3.8, 4) is 0 Å². The van der Waals surface area contributed by atoms with E-state index in [0.717, 1.165) is 25.6 Å². The van der Waals surface area contributed by atoms with Gasteiger partial charge >= 0.3 is 0 Å². The van der Waals surface area contributed by atoms with Crippen LogP contribution in [0.2, 0.25) is 0 Å². The number of likely N-dealkylation sites (N-methyl/N-ethyl adjacent to an activating group) is 1. The van der Waals surface area contributed by atoms with E-state index < -0.39 is 0 Å². The molecule has 1 aliphatic carbocycles. The third-order valence-electron chi connectivity index (χ3n) is 5.30. The van der Waals surface area contributed by atoms with Crippen molar-refractivity contribution in [2.24, 2.45) is 5.92 Å². The summed E-state index contributed by atoms with van der Waals surface area (Å²) in [6.45, 7) is 3.21. The van der Waals surface area contributed by atoms with Gasteiger partial charge in [-0.25, -0.2) is 0 Å². The third-order valence-corrected chi connectivity index (χ3v) is 5.30. The number of ether oxygens (including phenoxy) is 1. The van der Waals surface area contributed by atoms with Crippen LogP contribution in [0.1, 0.15) is 42.9 Å². The molecule has 1 aromatic rings. The first-order valence-electron chi connectivity index (χ1n) is 8.31. The summed E-state index contributed by atoms with van der Waals surface area (Å²) in [5, 5.41) is 3.55. The van der Waals surface area contributed by atoms with E-state index in [1.807, 2.05) is 7.11 Å². The van der Waals surface area contributed by atoms with Crippen LogP contribution in [0.5, 0.6) is 0 Å². The van der Waals surface area contributed by atoms with Crippen molar-refractivity contribution < 1.29 is 4.74 Å². The highest BCUT2D eigenvalue weighted by Crippen LogP contribution is 2.39. The fourth-order valence-electron chi connectivity index (χ4n) is 4.09. The molecule has 0 amide bonds. The Bertz CT molecular complexity index is 454. The van der Waals surface area contributed by atoms with Gasteiger partial charge in [0, 0.05) is 32.8 Å². The third kappa shape index (κ3) is 3.31. The topological polar surface area (TPSA) is 24.5 Å². The van der Waals surface area contributed by atoms with E-state index >= 15 is 0 Å². The molecule has 0 bridgehead atoms. The van der Waals surface area contributed by atoms with Crippen molar-refractivity contribution >= 4 is 0 Å². The Morgan fingerprint density at radius 1 is 1.14 bits per heavy atom. The highest BCUT2D eigenvalue weighted by Gasteiger charge is 2.32. The minimum absolute atomic E-state index is 0.483. The van der Waals surface area contributed by atoms with Gasteiger partial charge in [0.1, 0.15) is 0 Å². The number of hydrogen-bond donors (Lipinski definition) is 1. The van der Waals surface area contributed by atoms with Gasteiger partial charge in [-0.3, -0.25) is 4.90 Å². The lowest BCUT2D eigenvalue weighted by atomic mass is 9.78. The van der Waals surface area contributed by atoms with Crippen molar-refractivity contribution in [1.29, 1.82) is 0 Å². The van der Waals surface area contributed by atoms with Crippen LogP contribution in [-0.4, -0.2) is 38.3 Å². The Morgan fingerprint density at radius 3 is 2.67 bits per heavy atom. The molecule has 1 aromatic carbocycles. The largest absolute Gasteiger partial charge is 0.381 e. The average Bonchev–Trinajstić information content (AvgIpc) is 2.52. The molecule has 1 fully saturated rings. The first-order chi connectivity index (χ1) is 10.3. The molecule has 1 aliphatic heterocycles. The zero-order chi connectivity index (χ0) is 14.7. The number of methoxy groups -OCH3 is 1. The molecule has 3 heteroatoms. The summed E-state index contributed by atoms with van der Waals surface area (Å²) in [6.07, 6.45) is 5.49. The smallest absolute Gasteiger partial charge is 0.0571 e. The van der Waals surface area contributed by atoms with Crippen LogP contribution in [0, 0.1) is 5.92 Å². The van der Waals surface area contributed by atoms with Gasteiger partial charge in [0.15, 0.2) is 0 Å². The monoisotopic (exact) mass is 288 g/mol. The SMILES string of the molecule is COC1CCC(C2c3ccccc3CNCCN2C)CC1. The van der Waals surface area contributed by atoms with Crippen molar-refractivity contribution in [2.75, 3.05) is 27.2 Å². The fraction of sp³-hybridized carbons (Fsp3) is 0.667. The van der Waals surface area contributed by atoms with Crippen LogP contribution in [0.15, 0.2) is 24.3 Å². The summed E-state index contributed by atoms with van der Waals surface area (Å²) in [7, 11) is 4.14. The molecular weight excluding hydrogens is 260 g/mol. The van der Waals surface area contributed by atoms with Crippen LogP contribution < -0.4 is 5.32 Å². The molecule has 1 unspecified atom stereocenters. The predicted molar refractivity (Wildman–Crippen MR) is 86.3 cm³/mol. The Labute approximate surface area is 128 Å². The van der Waals surface area contributed by atoms with Crippen LogP contribution >= 0.6 is 0 Å². The highest BCUT2D eigenvalue weighted by molar-refractivity contribution is 5.31. The lowest BCUT2D eigenvalue weighted by molar-refractivity contribution is 0.0360. The summed E-state index contributed by atoms with van der Waals surface area (Å²) in [5.41, 5.74) is 3.01. The van der Waals surface area contributed by atoms with E-state index in [2.05, 4.69) is 41.5 Å². The van der Waals surface area contributed by atoms with Gasteiger partial charge in [0.2, 0.25) is 0 Å². The van der Waals surface area contributed by atoms with Gasteiger partial charge < -0.3 is 10.1 Å². The number of rotatable bonds is 2. The van der Waals surface area contributed by atoms with E-state index in [9.17, 15) is 0 Å².